The fraction of sp³-hybridized carbons (Fsp3) is 0.417. The van der Waals surface area contributed by atoms with Crippen LogP contribution in [0.25, 0.3) is 0 Å². The van der Waals surface area contributed by atoms with E-state index in [1.54, 1.807) is 0 Å². The highest BCUT2D eigenvalue weighted by Crippen LogP contribution is 2.18. The lowest BCUT2D eigenvalue weighted by atomic mass is 10.1. The summed E-state index contributed by atoms with van der Waals surface area (Å²) >= 11 is 0. The van der Waals surface area contributed by atoms with E-state index in [-0.39, 0.29) is 32.3 Å². The number of amides is 1. The van der Waals surface area contributed by atoms with Gasteiger partial charge in [-0.3, -0.25) is 4.79 Å². The third-order valence-electron chi connectivity index (χ3n) is 2.95. The summed E-state index contributed by atoms with van der Waals surface area (Å²) in [7, 11) is 0. The first-order valence-corrected chi connectivity index (χ1v) is 5.79. The zero-order valence-corrected chi connectivity index (χ0v) is 10.0. The van der Waals surface area contributed by atoms with Crippen molar-refractivity contribution in [2.75, 3.05) is 26.2 Å². The van der Waals surface area contributed by atoms with E-state index in [0.717, 1.165) is 12.1 Å². The molecule has 1 aliphatic heterocycles. The number of halogens is 3. The Morgan fingerprint density at radius 1 is 1.37 bits per heavy atom. The van der Waals surface area contributed by atoms with Crippen molar-refractivity contribution < 1.29 is 22.7 Å². The molecule has 19 heavy (non-hydrogen) atoms. The van der Waals surface area contributed by atoms with Crippen molar-refractivity contribution in [2.24, 2.45) is 5.73 Å². The Morgan fingerprint density at radius 3 is 2.79 bits per heavy atom. The highest BCUT2D eigenvalue weighted by atomic mass is 19.2. The molecule has 0 bridgehead atoms. The van der Waals surface area contributed by atoms with E-state index >= 15 is 0 Å². The van der Waals surface area contributed by atoms with Crippen LogP contribution in [0.2, 0.25) is 0 Å². The molecule has 1 amide bonds. The predicted octanol–water partition coefficient (Wildman–Crippen LogP) is 0.904. The molecule has 1 unspecified atom stereocenters. The SMILES string of the molecule is NCC1CN(C(=O)c2ccc(F)c(F)c2F)CCO1. The van der Waals surface area contributed by atoms with Crippen molar-refractivity contribution in [3.63, 3.8) is 0 Å². The molecule has 1 aromatic carbocycles. The molecule has 0 aromatic heterocycles. The van der Waals surface area contributed by atoms with Crippen LogP contribution in [0.15, 0.2) is 12.1 Å². The van der Waals surface area contributed by atoms with Crippen LogP contribution < -0.4 is 5.73 Å². The molecular formula is C12H13F3N2O2. The van der Waals surface area contributed by atoms with Crippen molar-refractivity contribution in [3.8, 4) is 0 Å². The molecule has 7 heteroatoms. The standard InChI is InChI=1S/C12H13F3N2O2/c13-9-2-1-8(10(14)11(9)15)12(18)17-3-4-19-7(5-16)6-17/h1-2,7H,3-6,16H2. The first-order chi connectivity index (χ1) is 9.04. The lowest BCUT2D eigenvalue weighted by molar-refractivity contribution is -0.0169. The molecule has 2 rings (SSSR count). The second kappa shape index (κ2) is 5.58. The Labute approximate surface area is 107 Å². The zero-order valence-electron chi connectivity index (χ0n) is 10.0. The largest absolute Gasteiger partial charge is 0.373 e. The molecule has 4 nitrogen and oxygen atoms in total. The van der Waals surface area contributed by atoms with Gasteiger partial charge in [0.2, 0.25) is 0 Å². The molecule has 1 saturated heterocycles. The van der Waals surface area contributed by atoms with Crippen molar-refractivity contribution in [2.45, 2.75) is 6.10 Å². The van der Waals surface area contributed by atoms with E-state index in [1.165, 1.54) is 4.90 Å². The second-order valence-corrected chi connectivity index (χ2v) is 4.20. The Morgan fingerprint density at radius 2 is 2.11 bits per heavy atom. The summed E-state index contributed by atoms with van der Waals surface area (Å²) < 4.78 is 44.7. The molecule has 1 fully saturated rings. The van der Waals surface area contributed by atoms with Gasteiger partial charge in [-0.15, -0.1) is 0 Å². The van der Waals surface area contributed by atoms with Crippen LogP contribution >= 0.6 is 0 Å². The molecule has 1 atom stereocenters. The van der Waals surface area contributed by atoms with Crippen LogP contribution in [-0.4, -0.2) is 43.2 Å². The van der Waals surface area contributed by atoms with E-state index in [9.17, 15) is 18.0 Å². The van der Waals surface area contributed by atoms with Gasteiger partial charge >= 0.3 is 0 Å². The van der Waals surface area contributed by atoms with E-state index in [4.69, 9.17) is 10.5 Å². The van der Waals surface area contributed by atoms with Gasteiger partial charge in [0, 0.05) is 19.6 Å². The lowest BCUT2D eigenvalue weighted by Crippen LogP contribution is -2.48. The van der Waals surface area contributed by atoms with Crippen LogP contribution in [0.5, 0.6) is 0 Å². The monoisotopic (exact) mass is 274 g/mol. The van der Waals surface area contributed by atoms with Gasteiger partial charge in [0.1, 0.15) is 0 Å². The highest BCUT2D eigenvalue weighted by molar-refractivity contribution is 5.94. The van der Waals surface area contributed by atoms with Gasteiger partial charge in [0.05, 0.1) is 18.3 Å². The van der Waals surface area contributed by atoms with E-state index < -0.39 is 28.9 Å². The lowest BCUT2D eigenvalue weighted by Gasteiger charge is -2.32. The number of carbonyl (C=O) groups is 1. The fourth-order valence-electron chi connectivity index (χ4n) is 1.91. The normalized spacial score (nSPS) is 19.6. The number of nitrogens with zero attached hydrogens (tertiary/aromatic N) is 1. The molecule has 104 valence electrons. The number of rotatable bonds is 2. The molecule has 2 N–H and O–H groups in total. The number of morpholine rings is 1. The maximum absolute atomic E-state index is 13.5. The average molecular weight is 274 g/mol. The Balaban J connectivity index is 2.22. The van der Waals surface area contributed by atoms with Gasteiger partial charge in [-0.2, -0.15) is 0 Å². The van der Waals surface area contributed by atoms with Crippen LogP contribution in [-0.2, 0) is 4.74 Å². The maximum atomic E-state index is 13.5. The third-order valence-corrected chi connectivity index (χ3v) is 2.95. The smallest absolute Gasteiger partial charge is 0.257 e. The number of nitrogens with two attached hydrogens (primary N) is 1. The number of benzene rings is 1. The summed E-state index contributed by atoms with van der Waals surface area (Å²) in [5.74, 6) is -5.13. The van der Waals surface area contributed by atoms with Crippen LogP contribution in [0.1, 0.15) is 10.4 Å². The van der Waals surface area contributed by atoms with Crippen molar-refractivity contribution in [1.29, 1.82) is 0 Å². The molecule has 0 radical (unpaired) electrons. The third kappa shape index (κ3) is 2.71. The van der Waals surface area contributed by atoms with Gasteiger partial charge in [-0.25, -0.2) is 13.2 Å². The minimum absolute atomic E-state index is 0.202. The molecule has 0 spiro atoms. The number of hydrogen-bond donors (Lipinski definition) is 1. The maximum Gasteiger partial charge on any atom is 0.257 e. The minimum atomic E-state index is -1.64. The quantitative estimate of drug-likeness (QED) is 0.815. The van der Waals surface area contributed by atoms with Gasteiger partial charge in [-0.05, 0) is 12.1 Å². The summed E-state index contributed by atoms with van der Waals surface area (Å²) in [5.41, 5.74) is 4.94. The summed E-state index contributed by atoms with van der Waals surface area (Å²) in [6.45, 7) is 0.963. The average Bonchev–Trinajstić information content (AvgIpc) is 2.44. The Bertz CT molecular complexity index is 496. The number of hydrogen-bond acceptors (Lipinski definition) is 3. The first-order valence-electron chi connectivity index (χ1n) is 5.79. The van der Waals surface area contributed by atoms with Crippen molar-refractivity contribution >= 4 is 5.91 Å². The molecule has 0 saturated carbocycles. The minimum Gasteiger partial charge on any atom is -0.373 e. The molecule has 0 aliphatic carbocycles. The van der Waals surface area contributed by atoms with E-state index in [1.807, 2.05) is 0 Å². The molecule has 1 aromatic rings. The number of carbonyl (C=O) groups excluding carboxylic acids is 1. The second-order valence-electron chi connectivity index (χ2n) is 4.20. The van der Waals surface area contributed by atoms with Gasteiger partial charge in [0.15, 0.2) is 17.5 Å². The predicted molar refractivity (Wildman–Crippen MR) is 61.0 cm³/mol. The Hall–Kier alpha value is -1.60. The van der Waals surface area contributed by atoms with E-state index in [2.05, 4.69) is 0 Å². The summed E-state index contributed by atoms with van der Waals surface area (Å²) in [4.78, 5) is 13.4. The summed E-state index contributed by atoms with van der Waals surface area (Å²) in [6.07, 6.45) is -0.328. The van der Waals surface area contributed by atoms with Gasteiger partial charge in [-0.1, -0.05) is 0 Å². The van der Waals surface area contributed by atoms with Gasteiger partial charge < -0.3 is 15.4 Å². The Kier molecular flexibility index (Phi) is 4.06. The van der Waals surface area contributed by atoms with Crippen LogP contribution in [0, 0.1) is 17.5 Å². The first kappa shape index (κ1) is 13.8. The van der Waals surface area contributed by atoms with Crippen molar-refractivity contribution in [1.82, 2.24) is 4.90 Å². The van der Waals surface area contributed by atoms with Gasteiger partial charge in [0.25, 0.3) is 5.91 Å². The summed E-state index contributed by atoms with van der Waals surface area (Å²) in [5, 5.41) is 0. The zero-order chi connectivity index (χ0) is 14.0. The molecular weight excluding hydrogens is 261 g/mol. The topological polar surface area (TPSA) is 55.6 Å². The fourth-order valence-corrected chi connectivity index (χ4v) is 1.91. The van der Waals surface area contributed by atoms with Crippen LogP contribution in [0.3, 0.4) is 0 Å². The molecule has 1 heterocycles. The van der Waals surface area contributed by atoms with Crippen LogP contribution in [0.4, 0.5) is 13.2 Å². The molecule has 1 aliphatic rings. The van der Waals surface area contributed by atoms with E-state index in [0.29, 0.717) is 0 Å². The number of ether oxygens (including phenoxy) is 1. The summed E-state index contributed by atoms with van der Waals surface area (Å²) in [6, 6.07) is 1.66. The van der Waals surface area contributed by atoms with Crippen molar-refractivity contribution in [3.05, 3.63) is 35.1 Å². The highest BCUT2D eigenvalue weighted by Gasteiger charge is 2.27.